The Labute approximate surface area is 221 Å². The lowest BCUT2D eigenvalue weighted by Crippen LogP contribution is -2.57. The number of carbonyl (C=O) groups excluding carboxylic acids is 2. The monoisotopic (exact) mass is 546 g/mol. The van der Waals surface area contributed by atoms with Crippen LogP contribution in [0.2, 0.25) is 0 Å². The number of nitrogens with one attached hydrogen (secondary N) is 2. The fourth-order valence-corrected chi connectivity index (χ4v) is 5.43. The lowest BCUT2D eigenvalue weighted by atomic mass is 9.81. The highest BCUT2D eigenvalue weighted by atomic mass is 19.3. The third-order valence-electron chi connectivity index (χ3n) is 7.72. The topological polar surface area (TPSA) is 131 Å². The number of hydrogen-bond donors (Lipinski definition) is 2. The number of fused-ring (bicyclic) bond motifs is 1. The van der Waals surface area contributed by atoms with E-state index in [9.17, 15) is 22.8 Å². The number of nitrogens with zero attached hydrogens (tertiary/aromatic N) is 6. The normalized spacial score (nSPS) is 24.5. The van der Waals surface area contributed by atoms with Gasteiger partial charge in [0.1, 0.15) is 11.4 Å². The Morgan fingerprint density at radius 2 is 2.00 bits per heavy atom. The smallest absolute Gasteiger partial charge is 0.317 e. The van der Waals surface area contributed by atoms with Crippen molar-refractivity contribution in [3.8, 4) is 0 Å². The Kier molecular flexibility index (Phi) is 6.22. The molecule has 0 spiro atoms. The first kappa shape index (κ1) is 25.6. The Bertz CT molecular complexity index is 1390. The van der Waals surface area contributed by atoms with Crippen molar-refractivity contribution in [1.82, 2.24) is 40.4 Å². The van der Waals surface area contributed by atoms with E-state index in [4.69, 9.17) is 4.63 Å². The molecule has 4 heterocycles. The summed E-state index contributed by atoms with van der Waals surface area (Å²) in [4.78, 5) is 31.5. The van der Waals surface area contributed by atoms with Gasteiger partial charge >= 0.3 is 6.03 Å². The van der Waals surface area contributed by atoms with E-state index in [0.717, 1.165) is 12.8 Å². The van der Waals surface area contributed by atoms with Crippen LogP contribution in [-0.4, -0.2) is 66.4 Å². The Hall–Kier alpha value is -3.71. The largest absolute Gasteiger partial charge is 0.342 e. The van der Waals surface area contributed by atoms with Crippen LogP contribution in [0, 0.1) is 5.92 Å². The Morgan fingerprint density at radius 1 is 1.23 bits per heavy atom. The number of imidazole rings is 1. The van der Waals surface area contributed by atoms with Gasteiger partial charge in [-0.1, -0.05) is 5.16 Å². The maximum Gasteiger partial charge on any atom is 0.317 e. The van der Waals surface area contributed by atoms with E-state index in [1.54, 1.807) is 18.5 Å². The highest BCUT2D eigenvalue weighted by Gasteiger charge is 2.41. The molecule has 0 aromatic carbocycles. The van der Waals surface area contributed by atoms with Gasteiger partial charge < -0.3 is 15.5 Å². The maximum atomic E-state index is 14.5. The molecule has 3 aromatic heterocycles. The third kappa shape index (κ3) is 5.41. The molecule has 3 fully saturated rings. The van der Waals surface area contributed by atoms with Gasteiger partial charge in [0.25, 0.3) is 5.91 Å². The van der Waals surface area contributed by atoms with Crippen LogP contribution < -0.4 is 10.6 Å². The van der Waals surface area contributed by atoms with Gasteiger partial charge in [-0.25, -0.2) is 32.1 Å². The maximum absolute atomic E-state index is 14.5. The summed E-state index contributed by atoms with van der Waals surface area (Å²) >= 11 is 0. The first-order valence-electron chi connectivity index (χ1n) is 13.1. The van der Waals surface area contributed by atoms with E-state index in [1.165, 1.54) is 16.3 Å². The van der Waals surface area contributed by atoms with Crippen LogP contribution in [0.1, 0.15) is 84.8 Å². The van der Waals surface area contributed by atoms with Crippen LogP contribution in [0.3, 0.4) is 0 Å². The van der Waals surface area contributed by atoms with Crippen molar-refractivity contribution in [3.05, 3.63) is 41.1 Å². The number of amides is 3. The van der Waals surface area contributed by atoms with Gasteiger partial charge in [-0.15, -0.1) is 0 Å². The number of alkyl halides is 3. The number of rotatable bonds is 7. The fourth-order valence-electron chi connectivity index (χ4n) is 5.43. The van der Waals surface area contributed by atoms with E-state index >= 15 is 0 Å². The lowest BCUT2D eigenvalue weighted by Gasteiger charge is -2.35. The number of urea groups is 1. The molecule has 208 valence electrons. The van der Waals surface area contributed by atoms with Crippen LogP contribution in [0.15, 0.2) is 23.1 Å². The van der Waals surface area contributed by atoms with Gasteiger partial charge in [-0.05, 0) is 55.3 Å². The molecule has 2 atom stereocenters. The molecule has 11 nitrogen and oxygen atoms in total. The van der Waals surface area contributed by atoms with Gasteiger partial charge in [0.15, 0.2) is 11.3 Å². The molecule has 2 unspecified atom stereocenters. The van der Waals surface area contributed by atoms with Crippen molar-refractivity contribution in [3.63, 3.8) is 0 Å². The molecule has 2 aliphatic carbocycles. The summed E-state index contributed by atoms with van der Waals surface area (Å²) in [5, 5.41) is 17.6. The molecule has 1 aliphatic heterocycles. The predicted molar refractivity (Wildman–Crippen MR) is 130 cm³/mol. The van der Waals surface area contributed by atoms with Crippen molar-refractivity contribution in [2.75, 3.05) is 13.1 Å². The third-order valence-corrected chi connectivity index (χ3v) is 7.72. The SMILES string of the molecule is CC1(F)CNC(=O)N(Cc2cnn3cc(C(NC(=O)c4nonc4C4CC4)C4CCC(F)(F)CC4)nc3c2)C1. The summed E-state index contributed by atoms with van der Waals surface area (Å²) in [6.07, 6.45) is 4.90. The number of hydrogen-bond acceptors (Lipinski definition) is 7. The molecule has 0 radical (unpaired) electrons. The zero-order valence-corrected chi connectivity index (χ0v) is 21.4. The van der Waals surface area contributed by atoms with Gasteiger partial charge in [-0.3, -0.25) is 4.79 Å². The first-order chi connectivity index (χ1) is 18.6. The minimum atomic E-state index is -2.73. The van der Waals surface area contributed by atoms with Crippen LogP contribution in [0.4, 0.5) is 18.0 Å². The van der Waals surface area contributed by atoms with Crippen LogP contribution in [0.5, 0.6) is 0 Å². The Morgan fingerprint density at radius 3 is 2.74 bits per heavy atom. The number of halogens is 3. The van der Waals surface area contributed by atoms with Crippen LogP contribution >= 0.6 is 0 Å². The quantitative estimate of drug-likeness (QED) is 0.464. The van der Waals surface area contributed by atoms with Crippen molar-refractivity contribution in [1.29, 1.82) is 0 Å². The second-order valence-electron chi connectivity index (χ2n) is 11.2. The summed E-state index contributed by atoms with van der Waals surface area (Å²) in [6, 6.07) is 0.704. The molecule has 14 heteroatoms. The molecule has 3 aliphatic rings. The zero-order chi connectivity index (χ0) is 27.4. The minimum absolute atomic E-state index is 0.0456. The van der Waals surface area contributed by atoms with Crippen molar-refractivity contribution >= 4 is 17.6 Å². The highest BCUT2D eigenvalue weighted by Crippen LogP contribution is 2.42. The summed E-state index contributed by atoms with van der Waals surface area (Å²) in [5.74, 6) is -3.36. The molecular weight excluding hydrogens is 517 g/mol. The van der Waals surface area contributed by atoms with Crippen molar-refractivity contribution < 1.29 is 27.4 Å². The summed E-state index contributed by atoms with van der Waals surface area (Å²) in [6.45, 7) is 1.47. The molecule has 2 N–H and O–H groups in total. The molecule has 6 rings (SSSR count). The van der Waals surface area contributed by atoms with E-state index < -0.39 is 23.5 Å². The molecule has 39 heavy (non-hydrogen) atoms. The molecule has 3 amide bonds. The van der Waals surface area contributed by atoms with Crippen molar-refractivity contribution in [2.45, 2.75) is 75.5 Å². The van der Waals surface area contributed by atoms with Crippen LogP contribution in [0.25, 0.3) is 5.65 Å². The van der Waals surface area contributed by atoms with Gasteiger partial charge in [0, 0.05) is 25.3 Å². The van der Waals surface area contributed by atoms with E-state index in [1.807, 2.05) is 0 Å². The fraction of sp³-hybridized carbons (Fsp3) is 0.600. The summed E-state index contributed by atoms with van der Waals surface area (Å²) in [7, 11) is 0. The van der Waals surface area contributed by atoms with Crippen molar-refractivity contribution in [2.24, 2.45) is 5.92 Å². The summed E-state index contributed by atoms with van der Waals surface area (Å²) < 4.78 is 48.7. The van der Waals surface area contributed by atoms with E-state index in [0.29, 0.717) is 22.6 Å². The lowest BCUT2D eigenvalue weighted by molar-refractivity contribution is -0.0495. The average molecular weight is 547 g/mol. The Balaban J connectivity index is 1.26. The van der Waals surface area contributed by atoms with E-state index in [2.05, 4.69) is 31.0 Å². The predicted octanol–water partition coefficient (Wildman–Crippen LogP) is 3.54. The van der Waals surface area contributed by atoms with Gasteiger partial charge in [-0.2, -0.15) is 5.10 Å². The second kappa shape index (κ2) is 9.49. The molecule has 0 bridgehead atoms. The molecular formula is C25H29F3N8O3. The molecule has 1 saturated heterocycles. The van der Waals surface area contributed by atoms with Crippen LogP contribution in [-0.2, 0) is 6.54 Å². The van der Waals surface area contributed by atoms with Gasteiger partial charge in [0.05, 0.1) is 37.2 Å². The molecule has 3 aromatic rings. The molecule has 2 saturated carbocycles. The average Bonchev–Trinajstić information content (AvgIpc) is 3.45. The van der Waals surface area contributed by atoms with E-state index in [-0.39, 0.29) is 68.9 Å². The second-order valence-corrected chi connectivity index (χ2v) is 11.2. The number of aromatic nitrogens is 5. The van der Waals surface area contributed by atoms with Gasteiger partial charge in [0.2, 0.25) is 5.92 Å². The minimum Gasteiger partial charge on any atom is -0.342 e. The zero-order valence-electron chi connectivity index (χ0n) is 21.4. The summed E-state index contributed by atoms with van der Waals surface area (Å²) in [5.41, 5.74) is 0.631. The highest BCUT2D eigenvalue weighted by molar-refractivity contribution is 5.93. The standard InChI is InChI=1S/C25H29F3N8O3/c1-24(26)12-29-23(38)35(13-24)10-14-8-18-31-17(11-36(18)30-9-14)19(16-4-6-25(27,28)7-5-16)32-22(37)21-20(15-2-3-15)33-39-34-21/h8-9,11,15-16,19H,2-7,10,12-13H2,1H3,(H,29,38)(H,32,37). The number of carbonyl (C=O) groups is 2. The first-order valence-corrected chi connectivity index (χ1v) is 13.1.